The Morgan fingerprint density at radius 1 is 1.14 bits per heavy atom. The van der Waals surface area contributed by atoms with Crippen LogP contribution in [0, 0.1) is 5.41 Å². The molecule has 0 aliphatic carbocycles. The summed E-state index contributed by atoms with van der Waals surface area (Å²) in [7, 11) is 0. The van der Waals surface area contributed by atoms with E-state index in [4.69, 9.17) is 0 Å². The van der Waals surface area contributed by atoms with Crippen LogP contribution >= 0.6 is 0 Å². The van der Waals surface area contributed by atoms with E-state index < -0.39 is 11.4 Å². The maximum atomic E-state index is 12.1. The molecule has 0 saturated heterocycles. The van der Waals surface area contributed by atoms with E-state index in [-0.39, 0.29) is 12.3 Å². The first kappa shape index (κ1) is 17.2. The van der Waals surface area contributed by atoms with Crippen LogP contribution in [-0.4, -0.2) is 17.0 Å². The first-order valence-corrected chi connectivity index (χ1v) is 7.48. The van der Waals surface area contributed by atoms with Gasteiger partial charge in [0.15, 0.2) is 0 Å². The first-order valence-electron chi connectivity index (χ1n) is 7.48. The van der Waals surface area contributed by atoms with Crippen LogP contribution in [0.1, 0.15) is 58.4 Å². The highest BCUT2D eigenvalue weighted by Crippen LogP contribution is 2.31. The smallest absolute Gasteiger partial charge is 0.310 e. The van der Waals surface area contributed by atoms with Gasteiger partial charge >= 0.3 is 5.97 Å². The van der Waals surface area contributed by atoms with Crippen LogP contribution in [0.4, 0.5) is 5.69 Å². The van der Waals surface area contributed by atoms with Crippen LogP contribution in [0.2, 0.25) is 0 Å². The number of carboxylic acid groups (broad SMARTS) is 1. The van der Waals surface area contributed by atoms with Crippen molar-refractivity contribution < 1.29 is 14.7 Å². The number of nitrogens with one attached hydrogen (secondary N) is 1. The largest absolute Gasteiger partial charge is 0.481 e. The van der Waals surface area contributed by atoms with Gasteiger partial charge in [0.05, 0.1) is 5.41 Å². The van der Waals surface area contributed by atoms with E-state index in [0.717, 1.165) is 0 Å². The van der Waals surface area contributed by atoms with E-state index in [9.17, 15) is 14.7 Å². The van der Waals surface area contributed by atoms with Gasteiger partial charge in [-0.05, 0) is 36.5 Å². The minimum Gasteiger partial charge on any atom is -0.481 e. The number of hydrogen-bond donors (Lipinski definition) is 2. The summed E-state index contributed by atoms with van der Waals surface area (Å²) >= 11 is 0. The second-order valence-corrected chi connectivity index (χ2v) is 5.79. The van der Waals surface area contributed by atoms with E-state index in [1.807, 2.05) is 38.1 Å². The summed E-state index contributed by atoms with van der Waals surface area (Å²) < 4.78 is 0. The zero-order chi connectivity index (χ0) is 16.0. The molecule has 4 heteroatoms. The molecule has 4 nitrogen and oxygen atoms in total. The summed E-state index contributed by atoms with van der Waals surface area (Å²) in [4.78, 5) is 23.5. The number of amides is 1. The lowest BCUT2D eigenvalue weighted by atomic mass is 9.79. The molecule has 0 bridgehead atoms. The van der Waals surface area contributed by atoms with Crippen molar-refractivity contribution in [2.45, 2.75) is 52.9 Å². The van der Waals surface area contributed by atoms with E-state index in [0.29, 0.717) is 24.4 Å². The number of anilines is 1. The van der Waals surface area contributed by atoms with Crippen molar-refractivity contribution in [1.82, 2.24) is 0 Å². The van der Waals surface area contributed by atoms with E-state index >= 15 is 0 Å². The van der Waals surface area contributed by atoms with Gasteiger partial charge in [0, 0.05) is 12.1 Å². The minimum absolute atomic E-state index is 0.00126. The monoisotopic (exact) mass is 291 g/mol. The molecule has 2 N–H and O–H groups in total. The number of carbonyl (C=O) groups is 2. The third kappa shape index (κ3) is 4.31. The summed E-state index contributed by atoms with van der Waals surface area (Å²) in [6, 6.07) is 7.66. The fourth-order valence-electron chi connectivity index (χ4n) is 2.34. The summed E-state index contributed by atoms with van der Waals surface area (Å²) in [5.74, 6) is -0.717. The molecule has 0 heterocycles. The molecule has 1 rings (SSSR count). The van der Waals surface area contributed by atoms with Gasteiger partial charge in [-0.15, -0.1) is 0 Å². The van der Waals surface area contributed by atoms with Crippen molar-refractivity contribution in [3.05, 3.63) is 29.8 Å². The SMILES string of the molecule is CCC(CC)(CC(=O)Nc1ccc(C(C)C)cc1)C(=O)O. The third-order valence-corrected chi connectivity index (χ3v) is 4.17. The van der Waals surface area contributed by atoms with Crippen LogP contribution in [0.15, 0.2) is 24.3 Å². The lowest BCUT2D eigenvalue weighted by molar-refractivity contribution is -0.151. The quantitative estimate of drug-likeness (QED) is 0.797. The van der Waals surface area contributed by atoms with E-state index in [1.54, 1.807) is 0 Å². The Kier molecular flexibility index (Phi) is 5.94. The molecule has 1 aromatic rings. The fourth-order valence-corrected chi connectivity index (χ4v) is 2.34. The molecule has 116 valence electrons. The highest BCUT2D eigenvalue weighted by atomic mass is 16.4. The molecule has 0 aliphatic rings. The molecular formula is C17H25NO3. The molecule has 0 fully saturated rings. The van der Waals surface area contributed by atoms with Crippen molar-refractivity contribution in [3.8, 4) is 0 Å². The Morgan fingerprint density at radius 2 is 1.67 bits per heavy atom. The number of hydrogen-bond acceptors (Lipinski definition) is 2. The van der Waals surface area contributed by atoms with Gasteiger partial charge in [-0.2, -0.15) is 0 Å². The molecule has 0 unspecified atom stereocenters. The lowest BCUT2D eigenvalue weighted by Crippen LogP contribution is -2.34. The van der Waals surface area contributed by atoms with Crippen LogP contribution in [-0.2, 0) is 9.59 Å². The zero-order valence-electron chi connectivity index (χ0n) is 13.3. The molecule has 0 saturated carbocycles. The summed E-state index contributed by atoms with van der Waals surface area (Å²) in [6.45, 7) is 7.83. The van der Waals surface area contributed by atoms with Crippen LogP contribution in [0.5, 0.6) is 0 Å². The number of rotatable bonds is 7. The van der Waals surface area contributed by atoms with E-state index in [1.165, 1.54) is 5.56 Å². The Labute approximate surface area is 126 Å². The number of carboxylic acids is 1. The summed E-state index contributed by atoms with van der Waals surface area (Å²) in [5.41, 5.74) is 0.938. The van der Waals surface area contributed by atoms with Crippen molar-refractivity contribution >= 4 is 17.6 Å². The second kappa shape index (κ2) is 7.25. The molecule has 0 aliphatic heterocycles. The Hall–Kier alpha value is -1.84. The average molecular weight is 291 g/mol. The maximum Gasteiger partial charge on any atom is 0.310 e. The molecule has 0 aromatic heterocycles. The lowest BCUT2D eigenvalue weighted by Gasteiger charge is -2.25. The predicted molar refractivity (Wildman–Crippen MR) is 84.4 cm³/mol. The van der Waals surface area contributed by atoms with Gasteiger partial charge in [0.25, 0.3) is 0 Å². The highest BCUT2D eigenvalue weighted by molar-refractivity contribution is 5.94. The van der Waals surface area contributed by atoms with Crippen LogP contribution in [0.3, 0.4) is 0 Å². The molecule has 0 radical (unpaired) electrons. The van der Waals surface area contributed by atoms with Gasteiger partial charge < -0.3 is 10.4 Å². The topological polar surface area (TPSA) is 66.4 Å². The predicted octanol–water partition coefficient (Wildman–Crippen LogP) is 4.03. The minimum atomic E-state index is -0.970. The van der Waals surface area contributed by atoms with Crippen molar-refractivity contribution in [1.29, 1.82) is 0 Å². The standard InChI is InChI=1S/C17H25NO3/c1-5-17(6-2,16(20)21)11-15(19)18-14-9-7-13(8-10-14)12(3)4/h7-10,12H,5-6,11H2,1-4H3,(H,18,19)(H,20,21). The normalized spacial score (nSPS) is 11.5. The third-order valence-electron chi connectivity index (χ3n) is 4.17. The zero-order valence-corrected chi connectivity index (χ0v) is 13.3. The summed E-state index contributed by atoms with van der Waals surface area (Å²) in [5, 5.41) is 12.1. The van der Waals surface area contributed by atoms with Gasteiger partial charge in [-0.1, -0.05) is 39.8 Å². The van der Waals surface area contributed by atoms with Gasteiger partial charge in [-0.3, -0.25) is 9.59 Å². The molecule has 21 heavy (non-hydrogen) atoms. The van der Waals surface area contributed by atoms with E-state index in [2.05, 4.69) is 19.2 Å². The van der Waals surface area contributed by atoms with Gasteiger partial charge in [0.1, 0.15) is 0 Å². The molecule has 0 atom stereocenters. The van der Waals surface area contributed by atoms with Crippen molar-refractivity contribution in [2.24, 2.45) is 5.41 Å². The molecule has 0 spiro atoms. The van der Waals surface area contributed by atoms with Crippen molar-refractivity contribution in [3.63, 3.8) is 0 Å². The number of benzene rings is 1. The Morgan fingerprint density at radius 3 is 2.05 bits per heavy atom. The molecule has 1 aromatic carbocycles. The maximum absolute atomic E-state index is 12.1. The van der Waals surface area contributed by atoms with Crippen LogP contribution < -0.4 is 5.32 Å². The highest BCUT2D eigenvalue weighted by Gasteiger charge is 2.37. The Balaban J connectivity index is 2.74. The van der Waals surface area contributed by atoms with Crippen LogP contribution in [0.25, 0.3) is 0 Å². The first-order chi connectivity index (χ1) is 9.84. The Bertz CT molecular complexity index is 487. The molecule has 1 amide bonds. The van der Waals surface area contributed by atoms with Gasteiger partial charge in [-0.25, -0.2) is 0 Å². The second-order valence-electron chi connectivity index (χ2n) is 5.79. The molecular weight excluding hydrogens is 266 g/mol. The average Bonchev–Trinajstić information content (AvgIpc) is 2.45. The fraction of sp³-hybridized carbons (Fsp3) is 0.529. The van der Waals surface area contributed by atoms with Gasteiger partial charge in [0.2, 0.25) is 5.91 Å². The van der Waals surface area contributed by atoms with Crippen molar-refractivity contribution in [2.75, 3.05) is 5.32 Å². The number of carbonyl (C=O) groups excluding carboxylic acids is 1. The summed E-state index contributed by atoms with van der Waals surface area (Å²) in [6.07, 6.45) is 0.887. The number of aliphatic carboxylic acids is 1.